The zero-order chi connectivity index (χ0) is 16.4. The first-order valence-electron chi connectivity index (χ1n) is 8.19. The smallest absolute Gasteiger partial charge is 0.264 e. The Labute approximate surface area is 138 Å². The first kappa shape index (κ1) is 16.2. The van der Waals surface area contributed by atoms with Crippen molar-refractivity contribution in [3.05, 3.63) is 23.8 Å². The second-order valence-electron chi connectivity index (χ2n) is 6.50. The number of fused-ring (bicyclic) bond motifs is 1. The lowest BCUT2D eigenvalue weighted by Crippen LogP contribution is -2.46. The maximum atomic E-state index is 11.9. The number of likely N-dealkylation sites (N-methyl/N-ethyl adjacent to an activating group) is 2. The van der Waals surface area contributed by atoms with Crippen molar-refractivity contribution in [1.29, 1.82) is 0 Å². The number of amides is 1. The molecule has 126 valence electrons. The van der Waals surface area contributed by atoms with Crippen molar-refractivity contribution in [2.75, 3.05) is 65.4 Å². The minimum absolute atomic E-state index is 0.00171. The van der Waals surface area contributed by atoms with Crippen LogP contribution in [0.15, 0.2) is 18.2 Å². The monoisotopic (exact) mass is 318 g/mol. The van der Waals surface area contributed by atoms with Gasteiger partial charge in [0.25, 0.3) is 5.91 Å². The predicted octanol–water partition coefficient (Wildman–Crippen LogP) is 0.550. The molecular formula is C17H26N4O2. The van der Waals surface area contributed by atoms with Crippen molar-refractivity contribution >= 4 is 11.6 Å². The lowest BCUT2D eigenvalue weighted by Gasteiger charge is -2.35. The molecule has 1 amide bonds. The molecule has 0 radical (unpaired) electrons. The van der Waals surface area contributed by atoms with Gasteiger partial charge in [-0.25, -0.2) is 0 Å². The summed E-state index contributed by atoms with van der Waals surface area (Å²) in [6, 6.07) is 6.50. The first-order valence-corrected chi connectivity index (χ1v) is 8.19. The van der Waals surface area contributed by atoms with Crippen molar-refractivity contribution in [3.63, 3.8) is 0 Å². The Bertz CT molecular complexity index is 570. The zero-order valence-corrected chi connectivity index (χ0v) is 14.2. The number of anilines is 1. The van der Waals surface area contributed by atoms with Crippen molar-refractivity contribution in [2.24, 2.45) is 0 Å². The average molecular weight is 318 g/mol. The van der Waals surface area contributed by atoms with Crippen LogP contribution in [0.5, 0.6) is 5.75 Å². The van der Waals surface area contributed by atoms with Gasteiger partial charge in [-0.2, -0.15) is 0 Å². The molecule has 0 saturated carbocycles. The Morgan fingerprint density at radius 3 is 2.74 bits per heavy atom. The fraction of sp³-hybridized carbons (Fsp3) is 0.588. The second-order valence-corrected chi connectivity index (χ2v) is 6.50. The molecule has 1 saturated heterocycles. The lowest BCUT2D eigenvalue weighted by atomic mass is 10.0. The van der Waals surface area contributed by atoms with E-state index in [-0.39, 0.29) is 12.5 Å². The molecule has 1 fully saturated rings. The molecule has 0 bridgehead atoms. The van der Waals surface area contributed by atoms with Crippen LogP contribution in [-0.4, -0.2) is 76.2 Å². The number of nitrogens with zero attached hydrogens (tertiary/aromatic N) is 3. The van der Waals surface area contributed by atoms with E-state index >= 15 is 0 Å². The summed E-state index contributed by atoms with van der Waals surface area (Å²) in [6.07, 6.45) is 0. The van der Waals surface area contributed by atoms with Gasteiger partial charge in [-0.05, 0) is 31.8 Å². The quantitative estimate of drug-likeness (QED) is 0.878. The summed E-state index contributed by atoms with van der Waals surface area (Å²) in [5.74, 6) is 0.786. The molecule has 3 rings (SSSR count). The van der Waals surface area contributed by atoms with Crippen LogP contribution < -0.4 is 15.0 Å². The van der Waals surface area contributed by atoms with Crippen LogP contribution in [0.4, 0.5) is 5.69 Å². The van der Waals surface area contributed by atoms with E-state index in [1.807, 2.05) is 13.1 Å². The molecule has 1 N–H and O–H groups in total. The van der Waals surface area contributed by atoms with E-state index in [2.05, 4.69) is 41.3 Å². The predicted molar refractivity (Wildman–Crippen MR) is 91.1 cm³/mol. The third-order valence-electron chi connectivity index (χ3n) is 4.72. The molecule has 2 aliphatic heterocycles. The molecule has 0 aliphatic carbocycles. The van der Waals surface area contributed by atoms with Gasteiger partial charge in [0.15, 0.2) is 6.61 Å². The summed E-state index contributed by atoms with van der Waals surface area (Å²) >= 11 is 0. The van der Waals surface area contributed by atoms with Gasteiger partial charge >= 0.3 is 0 Å². The van der Waals surface area contributed by atoms with Crippen LogP contribution in [0.25, 0.3) is 0 Å². The Hall–Kier alpha value is -1.63. The van der Waals surface area contributed by atoms with Gasteiger partial charge in [-0.15, -0.1) is 0 Å². The third kappa shape index (κ3) is 3.49. The standard InChI is InChI=1S/C17H26N4O2/c1-19(2)15(11-21-8-6-18-7-9-21)13-4-5-16-14(10-13)20(3)17(22)12-23-16/h4-5,10,15,18H,6-9,11-12H2,1-3H3. The molecule has 2 heterocycles. The van der Waals surface area contributed by atoms with Crippen LogP contribution in [0.2, 0.25) is 0 Å². The summed E-state index contributed by atoms with van der Waals surface area (Å²) in [4.78, 5) is 18.3. The Morgan fingerprint density at radius 2 is 2.04 bits per heavy atom. The maximum absolute atomic E-state index is 11.9. The highest BCUT2D eigenvalue weighted by molar-refractivity contribution is 5.97. The van der Waals surface area contributed by atoms with E-state index in [1.54, 1.807) is 4.90 Å². The van der Waals surface area contributed by atoms with Crippen molar-refractivity contribution in [2.45, 2.75) is 6.04 Å². The van der Waals surface area contributed by atoms with Crippen LogP contribution in [0.3, 0.4) is 0 Å². The number of piperazine rings is 1. The number of carbonyl (C=O) groups is 1. The minimum Gasteiger partial charge on any atom is -0.482 e. The van der Waals surface area contributed by atoms with Gasteiger partial charge < -0.3 is 19.9 Å². The third-order valence-corrected chi connectivity index (χ3v) is 4.72. The summed E-state index contributed by atoms with van der Waals surface area (Å²) in [5.41, 5.74) is 2.09. The van der Waals surface area contributed by atoms with Crippen LogP contribution >= 0.6 is 0 Å². The van der Waals surface area contributed by atoms with Gasteiger partial charge in [0, 0.05) is 45.8 Å². The molecule has 0 aromatic heterocycles. The number of rotatable bonds is 4. The second kappa shape index (κ2) is 6.86. The van der Waals surface area contributed by atoms with E-state index < -0.39 is 0 Å². The molecule has 1 unspecified atom stereocenters. The molecule has 6 nitrogen and oxygen atoms in total. The summed E-state index contributed by atoms with van der Waals surface area (Å²) in [7, 11) is 6.03. The van der Waals surface area contributed by atoms with Gasteiger partial charge in [0.2, 0.25) is 0 Å². The number of benzene rings is 1. The first-order chi connectivity index (χ1) is 11.1. The van der Waals surface area contributed by atoms with Crippen molar-refractivity contribution in [3.8, 4) is 5.75 Å². The number of nitrogens with one attached hydrogen (secondary N) is 1. The molecule has 2 aliphatic rings. The van der Waals surface area contributed by atoms with Crippen LogP contribution in [-0.2, 0) is 4.79 Å². The summed E-state index contributed by atoms with van der Waals surface area (Å²) < 4.78 is 5.53. The minimum atomic E-state index is -0.00171. The zero-order valence-electron chi connectivity index (χ0n) is 14.2. The molecule has 1 atom stereocenters. The molecule has 6 heteroatoms. The average Bonchev–Trinajstić information content (AvgIpc) is 2.57. The number of hydrogen-bond donors (Lipinski definition) is 1. The van der Waals surface area contributed by atoms with Gasteiger partial charge in [0.05, 0.1) is 5.69 Å². The van der Waals surface area contributed by atoms with Crippen LogP contribution in [0.1, 0.15) is 11.6 Å². The Balaban J connectivity index is 1.83. The normalized spacial score (nSPS) is 20.3. The highest BCUT2D eigenvalue weighted by Crippen LogP contribution is 2.34. The van der Waals surface area contributed by atoms with Gasteiger partial charge in [-0.3, -0.25) is 9.69 Å². The van der Waals surface area contributed by atoms with E-state index in [9.17, 15) is 4.79 Å². The van der Waals surface area contributed by atoms with Gasteiger partial charge in [-0.1, -0.05) is 6.07 Å². The maximum Gasteiger partial charge on any atom is 0.264 e. The fourth-order valence-electron chi connectivity index (χ4n) is 3.20. The number of hydrogen-bond acceptors (Lipinski definition) is 5. The lowest BCUT2D eigenvalue weighted by molar-refractivity contribution is -0.120. The highest BCUT2D eigenvalue weighted by atomic mass is 16.5. The molecule has 1 aromatic rings. The SMILES string of the molecule is CN1C(=O)COc2ccc(C(CN3CCNCC3)N(C)C)cc21. The van der Waals surface area contributed by atoms with Crippen molar-refractivity contribution in [1.82, 2.24) is 15.1 Å². The molecular weight excluding hydrogens is 292 g/mol. The molecule has 1 aromatic carbocycles. The summed E-state index contributed by atoms with van der Waals surface area (Å²) in [5, 5.41) is 3.39. The van der Waals surface area contributed by atoms with E-state index in [1.165, 1.54) is 5.56 Å². The van der Waals surface area contributed by atoms with Gasteiger partial charge in [0.1, 0.15) is 5.75 Å². The van der Waals surface area contributed by atoms with Crippen molar-refractivity contribution < 1.29 is 9.53 Å². The topological polar surface area (TPSA) is 48.1 Å². The largest absolute Gasteiger partial charge is 0.482 e. The fourth-order valence-corrected chi connectivity index (χ4v) is 3.20. The van der Waals surface area contributed by atoms with E-state index in [0.717, 1.165) is 44.2 Å². The molecule has 0 spiro atoms. The summed E-state index contributed by atoms with van der Waals surface area (Å²) in [6.45, 7) is 5.38. The Morgan fingerprint density at radius 1 is 1.30 bits per heavy atom. The van der Waals surface area contributed by atoms with E-state index in [4.69, 9.17) is 4.74 Å². The number of ether oxygens (including phenoxy) is 1. The molecule has 23 heavy (non-hydrogen) atoms. The highest BCUT2D eigenvalue weighted by Gasteiger charge is 2.25. The number of carbonyl (C=O) groups excluding carboxylic acids is 1. The Kier molecular flexibility index (Phi) is 4.84. The van der Waals surface area contributed by atoms with E-state index in [0.29, 0.717) is 6.04 Å². The van der Waals surface area contributed by atoms with Crippen LogP contribution in [0, 0.1) is 0 Å².